The number of carbonyl (C=O) groups is 1. The number of aliphatic hydroxyl groups excluding tert-OH is 1. The Hall–Kier alpha value is -0.820. The van der Waals surface area contributed by atoms with Crippen molar-refractivity contribution >= 4 is 5.91 Å². The van der Waals surface area contributed by atoms with Crippen LogP contribution in [0.25, 0.3) is 0 Å². The fraction of sp³-hybridized carbons (Fsp3) is 0.875. The van der Waals surface area contributed by atoms with Gasteiger partial charge >= 0.3 is 6.18 Å². The highest BCUT2D eigenvalue weighted by Crippen LogP contribution is 2.11. The standard InChI is InChI=1S/C8H15F3N2O2/c1-2-6(14)3-13-7(15)4-12-5-8(9,10)11/h6,12,14H,2-5H2,1H3,(H,13,15). The van der Waals surface area contributed by atoms with Crippen LogP contribution >= 0.6 is 0 Å². The van der Waals surface area contributed by atoms with Crippen molar-refractivity contribution in [1.29, 1.82) is 0 Å². The molecular formula is C8H15F3N2O2. The zero-order valence-corrected chi connectivity index (χ0v) is 8.40. The third kappa shape index (κ3) is 9.48. The van der Waals surface area contributed by atoms with Crippen LogP contribution in [0.4, 0.5) is 13.2 Å². The maximum atomic E-state index is 11.6. The fourth-order valence-corrected chi connectivity index (χ4v) is 0.756. The Morgan fingerprint density at radius 3 is 2.53 bits per heavy atom. The molecule has 0 fully saturated rings. The first kappa shape index (κ1) is 14.2. The van der Waals surface area contributed by atoms with Gasteiger partial charge in [-0.3, -0.25) is 4.79 Å². The van der Waals surface area contributed by atoms with Gasteiger partial charge < -0.3 is 15.7 Å². The number of carbonyl (C=O) groups excluding carboxylic acids is 1. The van der Waals surface area contributed by atoms with E-state index in [1.807, 2.05) is 5.32 Å². The largest absolute Gasteiger partial charge is 0.401 e. The Kier molecular flexibility index (Phi) is 6.26. The zero-order chi connectivity index (χ0) is 11.9. The van der Waals surface area contributed by atoms with Gasteiger partial charge in [0.2, 0.25) is 5.91 Å². The van der Waals surface area contributed by atoms with E-state index in [4.69, 9.17) is 5.11 Å². The normalized spacial score (nSPS) is 13.7. The van der Waals surface area contributed by atoms with Crippen LogP contribution in [0.5, 0.6) is 0 Å². The van der Waals surface area contributed by atoms with E-state index in [0.717, 1.165) is 0 Å². The van der Waals surface area contributed by atoms with Crippen molar-refractivity contribution in [3.05, 3.63) is 0 Å². The molecule has 0 aromatic rings. The van der Waals surface area contributed by atoms with E-state index >= 15 is 0 Å². The van der Waals surface area contributed by atoms with Crippen molar-refractivity contribution in [2.45, 2.75) is 25.6 Å². The summed E-state index contributed by atoms with van der Waals surface area (Å²) in [6.07, 6.45) is -4.49. The van der Waals surface area contributed by atoms with Gasteiger partial charge in [0, 0.05) is 6.54 Å². The number of amides is 1. The summed E-state index contributed by atoms with van der Waals surface area (Å²) in [5, 5.41) is 13.3. The molecule has 0 saturated carbocycles. The Morgan fingerprint density at radius 2 is 2.07 bits per heavy atom. The van der Waals surface area contributed by atoms with Gasteiger partial charge in [-0.05, 0) is 6.42 Å². The van der Waals surface area contributed by atoms with Crippen LogP contribution in [0.15, 0.2) is 0 Å². The number of alkyl halides is 3. The maximum Gasteiger partial charge on any atom is 0.401 e. The van der Waals surface area contributed by atoms with E-state index < -0.39 is 31.3 Å². The molecule has 0 heterocycles. The summed E-state index contributed by atoms with van der Waals surface area (Å²) >= 11 is 0. The summed E-state index contributed by atoms with van der Waals surface area (Å²) in [7, 11) is 0. The number of halogens is 3. The van der Waals surface area contributed by atoms with Gasteiger partial charge in [0.05, 0.1) is 19.2 Å². The van der Waals surface area contributed by atoms with E-state index in [0.29, 0.717) is 6.42 Å². The summed E-state index contributed by atoms with van der Waals surface area (Å²) in [6.45, 7) is 0.189. The Bertz CT molecular complexity index is 197. The molecule has 0 bridgehead atoms. The molecule has 0 aliphatic carbocycles. The first-order valence-electron chi connectivity index (χ1n) is 4.57. The summed E-state index contributed by atoms with van der Waals surface area (Å²) < 4.78 is 34.9. The second kappa shape index (κ2) is 6.62. The van der Waals surface area contributed by atoms with Gasteiger partial charge in [-0.1, -0.05) is 6.92 Å². The summed E-state index contributed by atoms with van der Waals surface area (Å²) in [5.74, 6) is -0.563. The smallest absolute Gasteiger partial charge is 0.391 e. The molecule has 3 N–H and O–H groups in total. The number of aliphatic hydroxyl groups is 1. The SMILES string of the molecule is CCC(O)CNC(=O)CNCC(F)(F)F. The molecule has 0 aromatic carbocycles. The lowest BCUT2D eigenvalue weighted by molar-refractivity contribution is -0.128. The van der Waals surface area contributed by atoms with Crippen LogP contribution in [-0.2, 0) is 4.79 Å². The predicted octanol–water partition coefficient (Wildman–Crippen LogP) is 0.0254. The van der Waals surface area contributed by atoms with E-state index in [1.54, 1.807) is 6.92 Å². The second-order valence-corrected chi connectivity index (χ2v) is 3.08. The van der Waals surface area contributed by atoms with E-state index in [9.17, 15) is 18.0 Å². The minimum absolute atomic E-state index is 0.0586. The Labute approximate surface area is 85.8 Å². The molecule has 1 atom stereocenters. The molecule has 7 heteroatoms. The average Bonchev–Trinajstić information content (AvgIpc) is 2.12. The Balaban J connectivity index is 3.50. The molecule has 15 heavy (non-hydrogen) atoms. The quantitative estimate of drug-likeness (QED) is 0.601. The van der Waals surface area contributed by atoms with E-state index in [1.165, 1.54) is 0 Å². The van der Waals surface area contributed by atoms with Gasteiger partial charge in [0.15, 0.2) is 0 Å². The molecule has 0 aliphatic rings. The number of hydrogen-bond acceptors (Lipinski definition) is 3. The van der Waals surface area contributed by atoms with Crippen LogP contribution in [0.1, 0.15) is 13.3 Å². The van der Waals surface area contributed by atoms with Crippen LogP contribution in [0.3, 0.4) is 0 Å². The first-order chi connectivity index (χ1) is 6.85. The lowest BCUT2D eigenvalue weighted by Crippen LogP contribution is -2.40. The van der Waals surface area contributed by atoms with Crippen molar-refractivity contribution in [3.63, 3.8) is 0 Å². The molecule has 0 spiro atoms. The molecule has 1 amide bonds. The number of nitrogens with one attached hydrogen (secondary N) is 2. The van der Waals surface area contributed by atoms with Crippen LogP contribution in [0.2, 0.25) is 0 Å². The number of rotatable bonds is 6. The lowest BCUT2D eigenvalue weighted by atomic mass is 10.3. The van der Waals surface area contributed by atoms with E-state index in [2.05, 4.69) is 5.32 Å². The second-order valence-electron chi connectivity index (χ2n) is 3.08. The first-order valence-corrected chi connectivity index (χ1v) is 4.57. The minimum atomic E-state index is -4.32. The zero-order valence-electron chi connectivity index (χ0n) is 8.40. The monoisotopic (exact) mass is 228 g/mol. The molecule has 0 aliphatic heterocycles. The van der Waals surface area contributed by atoms with Crippen molar-refractivity contribution in [2.75, 3.05) is 19.6 Å². The topological polar surface area (TPSA) is 61.4 Å². The molecule has 4 nitrogen and oxygen atoms in total. The molecule has 0 rings (SSSR count). The highest BCUT2D eigenvalue weighted by atomic mass is 19.4. The summed E-state index contributed by atoms with van der Waals surface area (Å²) in [4.78, 5) is 10.9. The third-order valence-electron chi connectivity index (χ3n) is 1.62. The minimum Gasteiger partial charge on any atom is -0.391 e. The van der Waals surface area contributed by atoms with Crippen LogP contribution < -0.4 is 10.6 Å². The maximum absolute atomic E-state index is 11.6. The van der Waals surface area contributed by atoms with Crippen molar-refractivity contribution < 1.29 is 23.1 Å². The highest BCUT2D eigenvalue weighted by Gasteiger charge is 2.26. The van der Waals surface area contributed by atoms with Crippen molar-refractivity contribution in [3.8, 4) is 0 Å². The summed E-state index contributed by atoms with van der Waals surface area (Å²) in [5.41, 5.74) is 0. The molecular weight excluding hydrogens is 213 g/mol. The lowest BCUT2D eigenvalue weighted by Gasteiger charge is -2.10. The third-order valence-corrected chi connectivity index (χ3v) is 1.62. The van der Waals surface area contributed by atoms with Gasteiger partial charge in [0.25, 0.3) is 0 Å². The van der Waals surface area contributed by atoms with Gasteiger partial charge in [-0.2, -0.15) is 13.2 Å². The van der Waals surface area contributed by atoms with Crippen molar-refractivity contribution in [1.82, 2.24) is 10.6 Å². The van der Waals surface area contributed by atoms with Crippen LogP contribution in [-0.4, -0.2) is 42.9 Å². The summed E-state index contributed by atoms with van der Waals surface area (Å²) in [6, 6.07) is 0. The number of hydrogen-bond donors (Lipinski definition) is 3. The fourth-order valence-electron chi connectivity index (χ4n) is 0.756. The molecule has 1 unspecified atom stereocenters. The van der Waals surface area contributed by atoms with Gasteiger partial charge in [-0.15, -0.1) is 0 Å². The van der Waals surface area contributed by atoms with Crippen LogP contribution in [0, 0.1) is 0 Å². The van der Waals surface area contributed by atoms with Gasteiger partial charge in [-0.25, -0.2) is 0 Å². The highest BCUT2D eigenvalue weighted by molar-refractivity contribution is 5.77. The molecule has 0 aromatic heterocycles. The molecule has 90 valence electrons. The molecule has 0 radical (unpaired) electrons. The van der Waals surface area contributed by atoms with Gasteiger partial charge in [0.1, 0.15) is 0 Å². The average molecular weight is 228 g/mol. The Morgan fingerprint density at radius 1 is 1.47 bits per heavy atom. The predicted molar refractivity (Wildman–Crippen MR) is 48.2 cm³/mol. The van der Waals surface area contributed by atoms with E-state index in [-0.39, 0.29) is 6.54 Å². The van der Waals surface area contributed by atoms with Crippen molar-refractivity contribution in [2.24, 2.45) is 0 Å². The molecule has 0 saturated heterocycles.